The van der Waals surface area contributed by atoms with Gasteiger partial charge in [-0.2, -0.15) is 5.10 Å². The van der Waals surface area contributed by atoms with Crippen LogP contribution in [0.4, 0.5) is 5.69 Å². The number of likely N-dealkylation sites (tertiary alicyclic amines) is 1. The van der Waals surface area contributed by atoms with Gasteiger partial charge in [-0.05, 0) is 58.3 Å². The molecule has 9 heteroatoms. The lowest BCUT2D eigenvalue weighted by molar-refractivity contribution is 0.206. The van der Waals surface area contributed by atoms with Crippen LogP contribution in [0.1, 0.15) is 38.6 Å². The number of aromatic nitrogens is 2. The molecule has 30 heavy (non-hydrogen) atoms. The lowest BCUT2D eigenvalue weighted by Gasteiger charge is -2.31. The molecular formula is C21H32N6O2S. The first kappa shape index (κ1) is 20.2. The zero-order chi connectivity index (χ0) is 20.9. The molecule has 1 aromatic carbocycles. The van der Waals surface area contributed by atoms with E-state index in [4.69, 9.17) is 5.10 Å². The minimum atomic E-state index is -3.59. The third-order valence-electron chi connectivity index (χ3n) is 6.76. The van der Waals surface area contributed by atoms with Crippen LogP contribution in [-0.2, 0) is 10.0 Å². The molecule has 8 nitrogen and oxygen atoms in total. The monoisotopic (exact) mass is 432 g/mol. The molecule has 2 N–H and O–H groups in total. The molecule has 1 saturated carbocycles. The summed E-state index contributed by atoms with van der Waals surface area (Å²) < 4.78 is 31.5. The molecule has 0 spiro atoms. The van der Waals surface area contributed by atoms with Crippen LogP contribution in [-0.4, -0.2) is 75.0 Å². The third kappa shape index (κ3) is 3.84. The van der Waals surface area contributed by atoms with Crippen molar-refractivity contribution in [3.63, 3.8) is 0 Å². The maximum Gasteiger partial charge on any atom is 0.241 e. The predicted molar refractivity (Wildman–Crippen MR) is 119 cm³/mol. The van der Waals surface area contributed by atoms with E-state index in [-0.39, 0.29) is 11.6 Å². The van der Waals surface area contributed by atoms with E-state index in [9.17, 15) is 8.42 Å². The number of sulfonamides is 1. The van der Waals surface area contributed by atoms with E-state index >= 15 is 0 Å². The quantitative estimate of drug-likeness (QED) is 0.746. The highest BCUT2D eigenvalue weighted by Crippen LogP contribution is 2.38. The molecule has 1 atom stereocenters. The van der Waals surface area contributed by atoms with Gasteiger partial charge in [0, 0.05) is 49.3 Å². The number of hydrogen-bond donors (Lipinski definition) is 2. The Morgan fingerprint density at radius 3 is 2.67 bits per heavy atom. The molecule has 3 aliphatic rings. The second-order valence-corrected chi connectivity index (χ2v) is 11.1. The molecule has 2 aliphatic heterocycles. The number of rotatable bonds is 5. The van der Waals surface area contributed by atoms with E-state index in [1.54, 1.807) is 0 Å². The van der Waals surface area contributed by atoms with Crippen LogP contribution in [0.2, 0.25) is 0 Å². The van der Waals surface area contributed by atoms with Gasteiger partial charge in [-0.3, -0.25) is 4.68 Å². The van der Waals surface area contributed by atoms with Gasteiger partial charge in [0.25, 0.3) is 0 Å². The van der Waals surface area contributed by atoms with Crippen molar-refractivity contribution in [2.45, 2.75) is 49.1 Å². The number of benzene rings is 1. The fraction of sp³-hybridized carbons (Fsp3) is 0.667. The molecule has 1 aliphatic carbocycles. The van der Waals surface area contributed by atoms with Crippen molar-refractivity contribution >= 4 is 26.6 Å². The molecule has 1 unspecified atom stereocenters. The van der Waals surface area contributed by atoms with Crippen LogP contribution in [0.3, 0.4) is 0 Å². The minimum Gasteiger partial charge on any atom is -0.368 e. The number of anilines is 1. The van der Waals surface area contributed by atoms with Gasteiger partial charge < -0.3 is 15.1 Å². The van der Waals surface area contributed by atoms with Crippen molar-refractivity contribution in [1.82, 2.24) is 24.7 Å². The highest BCUT2D eigenvalue weighted by atomic mass is 32.2. The smallest absolute Gasteiger partial charge is 0.241 e. The summed E-state index contributed by atoms with van der Waals surface area (Å²) >= 11 is 0. The standard InChI is InChI=1S/C21H32N6O2S/c1-21(5-6-21)24-30(28,29)17-12-19(26-10-7-22-8-11-26)18-14-23-27(20(18)13-17)16-4-3-9-25(2)15-16/h12-14,16,22,24H,3-11,15H2,1-2H3. The zero-order valence-electron chi connectivity index (χ0n) is 17.9. The molecule has 2 saturated heterocycles. The summed E-state index contributed by atoms with van der Waals surface area (Å²) in [6.45, 7) is 7.54. The molecule has 164 valence electrons. The molecule has 0 radical (unpaired) electrons. The fourth-order valence-corrected chi connectivity index (χ4v) is 6.23. The topological polar surface area (TPSA) is 82.5 Å². The molecule has 3 heterocycles. The molecular weight excluding hydrogens is 400 g/mol. The van der Waals surface area contributed by atoms with Gasteiger partial charge in [0.2, 0.25) is 10.0 Å². The van der Waals surface area contributed by atoms with Gasteiger partial charge in [-0.15, -0.1) is 0 Å². The first-order valence-electron chi connectivity index (χ1n) is 11.0. The van der Waals surface area contributed by atoms with Crippen LogP contribution >= 0.6 is 0 Å². The van der Waals surface area contributed by atoms with Crippen LogP contribution in [0.25, 0.3) is 10.9 Å². The van der Waals surface area contributed by atoms with Crippen molar-refractivity contribution in [1.29, 1.82) is 0 Å². The van der Waals surface area contributed by atoms with E-state index < -0.39 is 10.0 Å². The summed E-state index contributed by atoms with van der Waals surface area (Å²) in [5, 5.41) is 9.17. The Morgan fingerprint density at radius 2 is 1.97 bits per heavy atom. The van der Waals surface area contributed by atoms with Gasteiger partial charge in [0.1, 0.15) is 0 Å². The van der Waals surface area contributed by atoms with Crippen molar-refractivity contribution < 1.29 is 8.42 Å². The largest absolute Gasteiger partial charge is 0.368 e. The molecule has 5 rings (SSSR count). The Bertz CT molecular complexity index is 1040. The molecule has 0 amide bonds. The lowest BCUT2D eigenvalue weighted by Crippen LogP contribution is -2.43. The first-order chi connectivity index (χ1) is 14.3. The summed E-state index contributed by atoms with van der Waals surface area (Å²) in [6.07, 6.45) is 5.91. The summed E-state index contributed by atoms with van der Waals surface area (Å²) in [7, 11) is -1.45. The number of nitrogens with one attached hydrogen (secondary N) is 2. The van der Waals surface area contributed by atoms with Gasteiger partial charge in [-0.25, -0.2) is 13.1 Å². The maximum atomic E-state index is 13.2. The summed E-state index contributed by atoms with van der Waals surface area (Å²) in [5.74, 6) is 0. The first-order valence-corrected chi connectivity index (χ1v) is 12.5. The molecule has 0 bridgehead atoms. The van der Waals surface area contributed by atoms with Crippen LogP contribution in [0.15, 0.2) is 23.2 Å². The Labute approximate surface area is 178 Å². The van der Waals surface area contributed by atoms with Gasteiger partial charge in [0.05, 0.1) is 22.7 Å². The Hall–Kier alpha value is -1.68. The Balaban J connectivity index is 1.61. The van der Waals surface area contributed by atoms with E-state index in [1.165, 1.54) is 0 Å². The SMILES string of the molecule is CN1CCCC(n2ncc3c(N4CCNCC4)cc(S(=O)(=O)NC4(C)CC4)cc32)C1. The second-order valence-electron chi connectivity index (χ2n) is 9.43. The number of likely N-dealkylation sites (N-methyl/N-ethyl adjacent to an activating group) is 1. The number of piperidine rings is 1. The maximum absolute atomic E-state index is 13.2. The van der Waals surface area contributed by atoms with E-state index in [0.29, 0.717) is 4.90 Å². The van der Waals surface area contributed by atoms with Crippen LogP contribution in [0, 0.1) is 0 Å². The Kier molecular flexibility index (Phi) is 5.04. The average molecular weight is 433 g/mol. The summed E-state index contributed by atoms with van der Waals surface area (Å²) in [5.41, 5.74) is 1.60. The van der Waals surface area contributed by atoms with Gasteiger partial charge >= 0.3 is 0 Å². The molecule has 3 fully saturated rings. The van der Waals surface area contributed by atoms with E-state index in [1.807, 2.05) is 25.3 Å². The van der Waals surface area contributed by atoms with Crippen LogP contribution in [0.5, 0.6) is 0 Å². The number of piperazine rings is 1. The van der Waals surface area contributed by atoms with Crippen molar-refractivity contribution in [2.24, 2.45) is 0 Å². The van der Waals surface area contributed by atoms with Gasteiger partial charge in [-0.1, -0.05) is 0 Å². The number of nitrogens with zero attached hydrogens (tertiary/aromatic N) is 4. The van der Waals surface area contributed by atoms with Crippen LogP contribution < -0.4 is 14.9 Å². The predicted octanol–water partition coefficient (Wildman–Crippen LogP) is 1.54. The van der Waals surface area contributed by atoms with Crippen molar-refractivity contribution in [3.8, 4) is 0 Å². The number of fused-ring (bicyclic) bond motifs is 1. The van der Waals surface area contributed by atoms with Crippen molar-refractivity contribution in [3.05, 3.63) is 18.3 Å². The van der Waals surface area contributed by atoms with E-state index in [0.717, 1.165) is 81.5 Å². The highest BCUT2D eigenvalue weighted by molar-refractivity contribution is 7.89. The Morgan fingerprint density at radius 1 is 1.20 bits per heavy atom. The average Bonchev–Trinajstić information content (AvgIpc) is 3.28. The normalized spacial score (nSPS) is 25.0. The number of hydrogen-bond acceptors (Lipinski definition) is 6. The second kappa shape index (κ2) is 7.47. The fourth-order valence-electron chi connectivity index (χ4n) is 4.73. The minimum absolute atomic E-state index is 0.268. The highest BCUT2D eigenvalue weighted by Gasteiger charge is 2.41. The summed E-state index contributed by atoms with van der Waals surface area (Å²) in [6, 6.07) is 3.95. The molecule has 2 aromatic rings. The zero-order valence-corrected chi connectivity index (χ0v) is 18.7. The lowest BCUT2D eigenvalue weighted by atomic mass is 10.1. The van der Waals surface area contributed by atoms with Crippen molar-refractivity contribution in [2.75, 3.05) is 51.2 Å². The van der Waals surface area contributed by atoms with E-state index in [2.05, 4.69) is 31.6 Å². The summed E-state index contributed by atoms with van der Waals surface area (Å²) in [4.78, 5) is 4.97. The molecule has 1 aromatic heterocycles. The third-order valence-corrected chi connectivity index (χ3v) is 8.38. The van der Waals surface area contributed by atoms with Gasteiger partial charge in [0.15, 0.2) is 0 Å².